The summed E-state index contributed by atoms with van der Waals surface area (Å²) >= 11 is 0. The molecule has 0 spiro atoms. The van der Waals surface area contributed by atoms with Gasteiger partial charge in [-0.1, -0.05) is 11.6 Å². The van der Waals surface area contributed by atoms with Crippen LogP contribution in [-0.2, 0) is 5.41 Å². The summed E-state index contributed by atoms with van der Waals surface area (Å²) in [5.41, 5.74) is 0.0816. The molecule has 0 radical (unpaired) electrons. The van der Waals surface area contributed by atoms with Gasteiger partial charge in [0.1, 0.15) is 0 Å². The minimum absolute atomic E-state index is 0.0636. The number of aromatic nitrogens is 3. The van der Waals surface area contributed by atoms with Crippen molar-refractivity contribution in [1.82, 2.24) is 20.0 Å². The van der Waals surface area contributed by atoms with E-state index in [9.17, 15) is 9.59 Å². The van der Waals surface area contributed by atoms with E-state index in [1.165, 1.54) is 12.3 Å². The average molecular weight is 314 g/mol. The maximum atomic E-state index is 12.7. The molecule has 0 unspecified atom stereocenters. The Morgan fingerprint density at radius 1 is 1.48 bits per heavy atom. The fourth-order valence-corrected chi connectivity index (χ4v) is 4.02. The van der Waals surface area contributed by atoms with Crippen molar-refractivity contribution < 1.29 is 9.32 Å². The standard InChI is InChI=1S/C16H18N4O3/c1-10-18-15(23-19-10)16-6-2-3-12(16)8-20(9-16)14(22)11-4-5-13(21)17-7-11/h4-5,7,12H,2-3,6,8-9H2,1H3,(H,17,21)/t12-,16-/m0/s1. The molecule has 4 rings (SSSR count). The molecule has 2 atom stereocenters. The van der Waals surface area contributed by atoms with Crippen LogP contribution in [0, 0.1) is 12.8 Å². The molecule has 1 saturated carbocycles. The molecule has 120 valence electrons. The van der Waals surface area contributed by atoms with E-state index < -0.39 is 0 Å². The Labute approximate surface area is 132 Å². The third kappa shape index (κ3) is 2.18. The molecule has 7 nitrogen and oxygen atoms in total. The van der Waals surface area contributed by atoms with Crippen LogP contribution >= 0.6 is 0 Å². The first-order valence-corrected chi connectivity index (χ1v) is 7.87. The van der Waals surface area contributed by atoms with Crippen molar-refractivity contribution in [1.29, 1.82) is 0 Å². The summed E-state index contributed by atoms with van der Waals surface area (Å²) in [5.74, 6) is 1.58. The first-order valence-electron chi connectivity index (χ1n) is 7.87. The molecular formula is C16H18N4O3. The molecular weight excluding hydrogens is 296 g/mol. The van der Waals surface area contributed by atoms with E-state index in [0.29, 0.717) is 36.3 Å². The summed E-state index contributed by atoms with van der Waals surface area (Å²) < 4.78 is 5.46. The molecule has 2 aromatic rings. The fourth-order valence-electron chi connectivity index (χ4n) is 4.02. The Bertz CT molecular complexity index is 791. The van der Waals surface area contributed by atoms with Gasteiger partial charge in [0.15, 0.2) is 5.82 Å². The van der Waals surface area contributed by atoms with E-state index in [2.05, 4.69) is 15.1 Å². The van der Waals surface area contributed by atoms with Gasteiger partial charge in [0.05, 0.1) is 11.0 Å². The number of nitrogens with one attached hydrogen (secondary N) is 1. The van der Waals surface area contributed by atoms with Crippen molar-refractivity contribution in [3.05, 3.63) is 46.0 Å². The number of carbonyl (C=O) groups is 1. The quantitative estimate of drug-likeness (QED) is 0.901. The Balaban J connectivity index is 1.63. The predicted octanol–water partition coefficient (Wildman–Crippen LogP) is 1.26. The number of carbonyl (C=O) groups excluding carboxylic acids is 1. The Hall–Kier alpha value is -2.44. The first kappa shape index (κ1) is 14.2. The molecule has 1 aliphatic carbocycles. The van der Waals surface area contributed by atoms with E-state index in [4.69, 9.17) is 4.52 Å². The van der Waals surface area contributed by atoms with Crippen molar-refractivity contribution in [2.24, 2.45) is 5.92 Å². The van der Waals surface area contributed by atoms with E-state index in [-0.39, 0.29) is 16.9 Å². The molecule has 2 fully saturated rings. The molecule has 2 aliphatic rings. The minimum Gasteiger partial charge on any atom is -0.339 e. The number of nitrogens with zero attached hydrogens (tertiary/aromatic N) is 3. The smallest absolute Gasteiger partial charge is 0.255 e. The second kappa shape index (κ2) is 5.04. The van der Waals surface area contributed by atoms with Crippen LogP contribution in [0.25, 0.3) is 0 Å². The molecule has 1 aliphatic heterocycles. The highest BCUT2D eigenvalue weighted by molar-refractivity contribution is 5.94. The van der Waals surface area contributed by atoms with Gasteiger partial charge in [-0.05, 0) is 31.7 Å². The average Bonchev–Trinajstić information content (AvgIpc) is 3.20. The van der Waals surface area contributed by atoms with Gasteiger partial charge in [0.2, 0.25) is 11.4 Å². The molecule has 3 heterocycles. The number of hydrogen-bond donors (Lipinski definition) is 1. The number of H-pyrrole nitrogens is 1. The van der Waals surface area contributed by atoms with Crippen molar-refractivity contribution >= 4 is 5.91 Å². The zero-order chi connectivity index (χ0) is 16.0. The van der Waals surface area contributed by atoms with Crippen molar-refractivity contribution in [2.45, 2.75) is 31.6 Å². The summed E-state index contributed by atoms with van der Waals surface area (Å²) in [6, 6.07) is 2.94. The van der Waals surface area contributed by atoms with E-state index in [1.54, 1.807) is 6.07 Å². The lowest BCUT2D eigenvalue weighted by Gasteiger charge is -2.24. The highest BCUT2D eigenvalue weighted by Crippen LogP contribution is 2.50. The van der Waals surface area contributed by atoms with Gasteiger partial charge in [-0.2, -0.15) is 4.98 Å². The van der Waals surface area contributed by atoms with E-state index in [0.717, 1.165) is 19.3 Å². The topological polar surface area (TPSA) is 92.1 Å². The van der Waals surface area contributed by atoms with Crippen LogP contribution in [0.4, 0.5) is 0 Å². The number of amides is 1. The van der Waals surface area contributed by atoms with Crippen LogP contribution in [0.15, 0.2) is 27.6 Å². The van der Waals surface area contributed by atoms with Crippen molar-refractivity contribution in [3.63, 3.8) is 0 Å². The lowest BCUT2D eigenvalue weighted by molar-refractivity contribution is 0.0774. The number of fused-ring (bicyclic) bond motifs is 1. The van der Waals surface area contributed by atoms with Gasteiger partial charge in [-0.25, -0.2) is 0 Å². The van der Waals surface area contributed by atoms with Gasteiger partial charge in [-0.15, -0.1) is 0 Å². The first-order chi connectivity index (χ1) is 11.1. The number of pyridine rings is 1. The van der Waals surface area contributed by atoms with Crippen molar-refractivity contribution in [3.8, 4) is 0 Å². The summed E-state index contributed by atoms with van der Waals surface area (Å²) in [7, 11) is 0. The second-order valence-corrected chi connectivity index (χ2v) is 6.52. The van der Waals surface area contributed by atoms with Crippen LogP contribution in [-0.4, -0.2) is 39.0 Å². The fraction of sp³-hybridized carbons (Fsp3) is 0.500. The number of aryl methyl sites for hydroxylation is 1. The zero-order valence-corrected chi connectivity index (χ0v) is 12.9. The molecule has 1 saturated heterocycles. The van der Waals surface area contributed by atoms with Crippen LogP contribution in [0.2, 0.25) is 0 Å². The summed E-state index contributed by atoms with van der Waals surface area (Å²) in [6.45, 7) is 3.10. The monoisotopic (exact) mass is 314 g/mol. The summed E-state index contributed by atoms with van der Waals surface area (Å²) in [6.07, 6.45) is 4.63. The summed E-state index contributed by atoms with van der Waals surface area (Å²) in [4.78, 5) is 32.7. The van der Waals surface area contributed by atoms with Crippen LogP contribution in [0.3, 0.4) is 0 Å². The zero-order valence-electron chi connectivity index (χ0n) is 12.9. The SMILES string of the molecule is Cc1noc([C@]23CCC[C@H]2CN(C(=O)c2ccc(=O)[nH]c2)C3)n1. The number of likely N-dealkylation sites (tertiary alicyclic amines) is 1. The molecule has 0 aromatic carbocycles. The lowest BCUT2D eigenvalue weighted by Crippen LogP contribution is -2.35. The van der Waals surface area contributed by atoms with Gasteiger partial charge in [0, 0.05) is 25.4 Å². The highest BCUT2D eigenvalue weighted by atomic mass is 16.5. The third-order valence-electron chi connectivity index (χ3n) is 5.14. The number of rotatable bonds is 2. The van der Waals surface area contributed by atoms with Crippen molar-refractivity contribution in [2.75, 3.05) is 13.1 Å². The largest absolute Gasteiger partial charge is 0.339 e. The van der Waals surface area contributed by atoms with Crippen LogP contribution in [0.1, 0.15) is 41.3 Å². The highest BCUT2D eigenvalue weighted by Gasteiger charge is 2.55. The van der Waals surface area contributed by atoms with Gasteiger partial charge >= 0.3 is 0 Å². The minimum atomic E-state index is -0.211. The Morgan fingerprint density at radius 3 is 3.04 bits per heavy atom. The molecule has 2 aromatic heterocycles. The van der Waals surface area contributed by atoms with Gasteiger partial charge < -0.3 is 14.4 Å². The molecule has 23 heavy (non-hydrogen) atoms. The predicted molar refractivity (Wildman–Crippen MR) is 81.0 cm³/mol. The lowest BCUT2D eigenvalue weighted by atomic mass is 9.80. The third-order valence-corrected chi connectivity index (χ3v) is 5.14. The maximum absolute atomic E-state index is 12.7. The van der Waals surface area contributed by atoms with Gasteiger partial charge in [-0.3, -0.25) is 9.59 Å². The normalized spacial score (nSPS) is 26.5. The molecule has 1 amide bonds. The number of hydrogen-bond acceptors (Lipinski definition) is 5. The van der Waals surface area contributed by atoms with E-state index >= 15 is 0 Å². The number of aromatic amines is 1. The Morgan fingerprint density at radius 2 is 2.35 bits per heavy atom. The molecule has 0 bridgehead atoms. The van der Waals surface area contributed by atoms with Crippen LogP contribution in [0.5, 0.6) is 0 Å². The second-order valence-electron chi connectivity index (χ2n) is 6.52. The maximum Gasteiger partial charge on any atom is 0.255 e. The Kier molecular flexibility index (Phi) is 3.11. The molecule has 1 N–H and O–H groups in total. The van der Waals surface area contributed by atoms with Crippen LogP contribution < -0.4 is 5.56 Å². The van der Waals surface area contributed by atoms with Gasteiger partial charge in [0.25, 0.3) is 5.91 Å². The summed E-state index contributed by atoms with van der Waals surface area (Å²) in [5, 5.41) is 3.92. The van der Waals surface area contributed by atoms with E-state index in [1.807, 2.05) is 11.8 Å². The molecule has 7 heteroatoms.